The number of nitrogens with one attached hydrogen (secondary N) is 3. The first kappa shape index (κ1) is 23.3. The third kappa shape index (κ3) is 4.94. The Bertz CT molecular complexity index is 1400. The number of fused-ring (bicyclic) bond motifs is 2. The highest BCUT2D eigenvalue weighted by molar-refractivity contribution is 5.98. The van der Waals surface area contributed by atoms with Crippen molar-refractivity contribution in [2.24, 2.45) is 5.92 Å². The Morgan fingerprint density at radius 2 is 1.84 bits per heavy atom. The van der Waals surface area contributed by atoms with Gasteiger partial charge in [0.05, 0.1) is 5.56 Å². The normalized spacial score (nSPS) is 21.0. The molecule has 2 aromatic heterocycles. The van der Waals surface area contributed by atoms with Crippen LogP contribution in [-0.2, 0) is 6.54 Å². The van der Waals surface area contributed by atoms with E-state index >= 15 is 0 Å². The highest BCUT2D eigenvalue weighted by Gasteiger charge is 2.41. The minimum absolute atomic E-state index is 0.0179. The lowest BCUT2D eigenvalue weighted by Crippen LogP contribution is -2.43. The zero-order chi connectivity index (χ0) is 25.2. The summed E-state index contributed by atoms with van der Waals surface area (Å²) in [6.45, 7) is 1.43. The maximum Gasteiger partial charge on any atom is 0.253 e. The molecule has 7 nitrogen and oxygen atoms in total. The molecule has 1 aliphatic heterocycles. The van der Waals surface area contributed by atoms with E-state index < -0.39 is 0 Å². The number of pyridine rings is 1. The lowest BCUT2D eigenvalue weighted by molar-refractivity contribution is 0.0933. The molecule has 4 aromatic rings. The van der Waals surface area contributed by atoms with Gasteiger partial charge in [-0.25, -0.2) is 4.98 Å². The molecule has 3 atom stereocenters. The Labute approximate surface area is 216 Å². The van der Waals surface area contributed by atoms with E-state index in [-0.39, 0.29) is 17.9 Å². The Hall–Kier alpha value is -4.13. The van der Waals surface area contributed by atoms with Crippen LogP contribution in [-0.4, -0.2) is 40.4 Å². The van der Waals surface area contributed by atoms with E-state index in [0.29, 0.717) is 29.6 Å². The van der Waals surface area contributed by atoms with Crippen LogP contribution in [0.15, 0.2) is 79.1 Å². The number of aromatic amines is 1. The summed E-state index contributed by atoms with van der Waals surface area (Å²) in [5, 5.41) is 7.34. The summed E-state index contributed by atoms with van der Waals surface area (Å²) in [6.07, 6.45) is 7.72. The Morgan fingerprint density at radius 1 is 0.973 bits per heavy atom. The average Bonchev–Trinajstić information content (AvgIpc) is 3.58. The molecule has 3 heterocycles. The molecule has 1 saturated heterocycles. The molecule has 0 radical (unpaired) electrons. The van der Waals surface area contributed by atoms with Crippen molar-refractivity contribution in [1.29, 1.82) is 0 Å². The van der Waals surface area contributed by atoms with Crippen LogP contribution in [0.5, 0.6) is 0 Å². The molecule has 6 rings (SSSR count). The summed E-state index contributed by atoms with van der Waals surface area (Å²) in [5.41, 5.74) is 3.28. The molecule has 2 fully saturated rings. The lowest BCUT2D eigenvalue weighted by Gasteiger charge is -2.38. The van der Waals surface area contributed by atoms with E-state index in [2.05, 4.69) is 25.5 Å². The third-order valence-electron chi connectivity index (χ3n) is 7.78. The molecule has 3 N–H and O–H groups in total. The van der Waals surface area contributed by atoms with Crippen molar-refractivity contribution in [3.8, 4) is 0 Å². The van der Waals surface area contributed by atoms with Gasteiger partial charge in [-0.15, -0.1) is 0 Å². The first-order valence-corrected chi connectivity index (χ1v) is 13.1. The van der Waals surface area contributed by atoms with Crippen molar-refractivity contribution in [2.75, 3.05) is 11.4 Å². The second-order valence-corrected chi connectivity index (χ2v) is 10.2. The van der Waals surface area contributed by atoms with Gasteiger partial charge in [0, 0.05) is 48.6 Å². The fraction of sp³-hybridized carbons (Fsp3) is 0.300. The number of aromatic nitrogens is 2. The maximum absolute atomic E-state index is 13.0. The van der Waals surface area contributed by atoms with Crippen molar-refractivity contribution in [1.82, 2.24) is 20.6 Å². The van der Waals surface area contributed by atoms with E-state index in [4.69, 9.17) is 0 Å². The van der Waals surface area contributed by atoms with Crippen molar-refractivity contribution in [3.05, 3.63) is 95.8 Å². The predicted molar refractivity (Wildman–Crippen MR) is 144 cm³/mol. The zero-order valence-electron chi connectivity index (χ0n) is 20.7. The maximum atomic E-state index is 13.0. The Morgan fingerprint density at radius 3 is 2.68 bits per heavy atom. The van der Waals surface area contributed by atoms with Crippen molar-refractivity contribution in [3.63, 3.8) is 0 Å². The summed E-state index contributed by atoms with van der Waals surface area (Å²) in [6, 6.07) is 22.0. The van der Waals surface area contributed by atoms with Crippen LogP contribution >= 0.6 is 0 Å². The van der Waals surface area contributed by atoms with Crippen LogP contribution in [0.3, 0.4) is 0 Å². The lowest BCUT2D eigenvalue weighted by atomic mass is 9.92. The number of hydrogen-bond donors (Lipinski definition) is 3. The molecule has 7 heteroatoms. The summed E-state index contributed by atoms with van der Waals surface area (Å²) in [7, 11) is 0. The largest absolute Gasteiger partial charge is 0.361 e. The number of nitrogens with zero attached hydrogens (tertiary/aromatic N) is 2. The second-order valence-electron chi connectivity index (χ2n) is 10.2. The Kier molecular flexibility index (Phi) is 6.35. The second kappa shape index (κ2) is 10.1. The van der Waals surface area contributed by atoms with Crippen LogP contribution in [0, 0.1) is 5.92 Å². The molecule has 2 aromatic carbocycles. The summed E-state index contributed by atoms with van der Waals surface area (Å²) >= 11 is 0. The minimum atomic E-state index is -0.124. The molecule has 1 aliphatic carbocycles. The summed E-state index contributed by atoms with van der Waals surface area (Å²) in [5.74, 6) is 1.29. The summed E-state index contributed by atoms with van der Waals surface area (Å²) in [4.78, 5) is 35.8. The summed E-state index contributed by atoms with van der Waals surface area (Å²) < 4.78 is 0. The van der Waals surface area contributed by atoms with Crippen LogP contribution in [0.1, 0.15) is 52.0 Å². The first-order valence-electron chi connectivity index (χ1n) is 13.1. The number of benzene rings is 2. The number of carbonyl (C=O) groups excluding carboxylic acids is 2. The average molecular weight is 494 g/mol. The van der Waals surface area contributed by atoms with Crippen LogP contribution in [0.25, 0.3) is 10.9 Å². The molecule has 3 unspecified atom stereocenters. The van der Waals surface area contributed by atoms with E-state index in [9.17, 15) is 9.59 Å². The predicted octanol–water partition coefficient (Wildman–Crippen LogP) is 4.67. The Balaban J connectivity index is 1.09. The zero-order valence-corrected chi connectivity index (χ0v) is 20.7. The molecule has 2 aliphatic rings. The first-order chi connectivity index (χ1) is 18.1. The molecule has 188 valence electrons. The molecule has 2 amide bonds. The molecular weight excluding hydrogens is 462 g/mol. The fourth-order valence-electron chi connectivity index (χ4n) is 5.91. The van der Waals surface area contributed by atoms with Gasteiger partial charge in [0.15, 0.2) is 0 Å². The van der Waals surface area contributed by atoms with Gasteiger partial charge < -0.3 is 20.5 Å². The van der Waals surface area contributed by atoms with Gasteiger partial charge in [0.1, 0.15) is 5.82 Å². The number of carbonyl (C=O) groups is 2. The van der Waals surface area contributed by atoms with Gasteiger partial charge in [-0.3, -0.25) is 9.59 Å². The molecule has 1 saturated carbocycles. The number of anilines is 1. The number of hydrogen-bond acceptors (Lipinski definition) is 4. The SMILES string of the molecule is O=C(NCc1ccccc1)c1ccc(N2CCCC3CC(NC(=O)c4ccc5cc[nH]c5c4)CC32)nc1. The molecule has 0 spiro atoms. The van der Waals surface area contributed by atoms with Crippen molar-refractivity contribution >= 4 is 28.5 Å². The van der Waals surface area contributed by atoms with E-state index in [0.717, 1.165) is 48.1 Å². The monoisotopic (exact) mass is 493 g/mol. The highest BCUT2D eigenvalue weighted by Crippen LogP contribution is 2.39. The van der Waals surface area contributed by atoms with Crippen LogP contribution in [0.4, 0.5) is 5.82 Å². The van der Waals surface area contributed by atoms with E-state index in [1.807, 2.05) is 72.9 Å². The van der Waals surface area contributed by atoms with Gasteiger partial charge in [-0.1, -0.05) is 36.4 Å². The third-order valence-corrected chi connectivity index (χ3v) is 7.78. The number of amides is 2. The fourth-order valence-corrected chi connectivity index (χ4v) is 5.91. The number of H-pyrrole nitrogens is 1. The van der Waals surface area contributed by atoms with Gasteiger partial charge in [-0.05, 0) is 72.9 Å². The minimum Gasteiger partial charge on any atom is -0.361 e. The van der Waals surface area contributed by atoms with Gasteiger partial charge in [-0.2, -0.15) is 0 Å². The topological polar surface area (TPSA) is 90.1 Å². The molecular formula is C30H31N5O2. The van der Waals surface area contributed by atoms with E-state index in [1.165, 1.54) is 6.42 Å². The highest BCUT2D eigenvalue weighted by atomic mass is 16.2. The van der Waals surface area contributed by atoms with Crippen LogP contribution in [0.2, 0.25) is 0 Å². The molecule has 37 heavy (non-hydrogen) atoms. The number of rotatable bonds is 6. The molecule has 0 bridgehead atoms. The number of piperidine rings is 1. The van der Waals surface area contributed by atoms with Gasteiger partial charge in [0.25, 0.3) is 11.8 Å². The van der Waals surface area contributed by atoms with Gasteiger partial charge in [0.2, 0.25) is 0 Å². The van der Waals surface area contributed by atoms with Crippen molar-refractivity contribution < 1.29 is 9.59 Å². The van der Waals surface area contributed by atoms with Gasteiger partial charge >= 0.3 is 0 Å². The smallest absolute Gasteiger partial charge is 0.253 e. The van der Waals surface area contributed by atoms with Crippen molar-refractivity contribution in [2.45, 2.75) is 44.3 Å². The standard InChI is InChI=1S/C30H31N5O2/c36-29(33-18-20-5-2-1-3-6-20)24-10-11-28(32-19-24)35-14-4-7-22-15-25(17-27(22)35)34-30(37)23-9-8-21-12-13-31-26(21)16-23/h1-3,5-6,8-13,16,19,22,25,27,31H,4,7,14-15,17-18H2,(H,33,36)(H,34,37). The van der Waals surface area contributed by atoms with Crippen LogP contribution < -0.4 is 15.5 Å². The van der Waals surface area contributed by atoms with E-state index in [1.54, 1.807) is 6.20 Å². The quantitative estimate of drug-likeness (QED) is 0.364.